The number of benzene rings is 4. The molecule has 418 valence electrons. The number of ether oxygens (including phenoxy) is 11. The van der Waals surface area contributed by atoms with Crippen LogP contribution in [-0.4, -0.2) is 149 Å². The van der Waals surface area contributed by atoms with Crippen molar-refractivity contribution in [2.75, 3.05) is 6.61 Å². The van der Waals surface area contributed by atoms with Crippen molar-refractivity contribution < 1.29 is 86.9 Å². The van der Waals surface area contributed by atoms with Crippen molar-refractivity contribution >= 4 is 18.2 Å². The van der Waals surface area contributed by atoms with Gasteiger partial charge in [0.25, 0.3) is 0 Å². The summed E-state index contributed by atoms with van der Waals surface area (Å²) in [6.45, 7) is 1.13. The van der Waals surface area contributed by atoms with E-state index < -0.39 is 129 Å². The Kier molecular flexibility index (Phi) is 17.0. The van der Waals surface area contributed by atoms with Gasteiger partial charge in [-0.15, -0.1) is 0 Å². The van der Waals surface area contributed by atoms with Gasteiger partial charge in [-0.1, -0.05) is 128 Å². The van der Waals surface area contributed by atoms with Crippen LogP contribution in [0.4, 0.5) is 9.59 Å². The minimum Gasteiger partial charge on any atom is -0.459 e. The minimum atomic E-state index is -1.65. The van der Waals surface area contributed by atoms with Gasteiger partial charge < -0.3 is 83.2 Å². The zero-order valence-electron chi connectivity index (χ0n) is 43.0. The number of hydrogen-bond acceptors (Lipinski definition) is 18. The molecule has 6 aliphatic heterocycles. The topological polar surface area (TPSA) is 258 Å². The lowest BCUT2D eigenvalue weighted by atomic mass is 9.76. The molecule has 6 N–H and O–H groups in total. The van der Waals surface area contributed by atoms with Crippen LogP contribution in [0.25, 0.3) is 0 Å². The minimum absolute atomic E-state index is 0.0512. The number of carbonyl (C=O) groups is 3. The molecule has 0 spiro atoms. The van der Waals surface area contributed by atoms with Crippen LogP contribution in [0.1, 0.15) is 79.9 Å². The fourth-order valence-electron chi connectivity index (χ4n) is 12.2. The van der Waals surface area contributed by atoms with E-state index in [0.29, 0.717) is 32.1 Å². The molecule has 7 aliphatic rings. The van der Waals surface area contributed by atoms with Gasteiger partial charge in [-0.2, -0.15) is 0 Å². The molecular weight excluding hydrogens is 1010 g/mol. The zero-order valence-corrected chi connectivity index (χ0v) is 43.0. The maximum absolute atomic E-state index is 13.6. The van der Waals surface area contributed by atoms with Crippen LogP contribution in [0.5, 0.6) is 0 Å². The van der Waals surface area contributed by atoms with Gasteiger partial charge in [-0.05, 0) is 60.3 Å². The summed E-state index contributed by atoms with van der Waals surface area (Å²) in [5.41, 5.74) is 3.32. The molecule has 7 fully saturated rings. The number of amides is 2. The van der Waals surface area contributed by atoms with Crippen molar-refractivity contribution in [3.8, 4) is 0 Å². The molecule has 2 amide bonds. The van der Waals surface area contributed by atoms with Crippen molar-refractivity contribution in [1.82, 2.24) is 10.6 Å². The molecule has 78 heavy (non-hydrogen) atoms. The number of fused-ring (bicyclic) bond motifs is 3. The van der Waals surface area contributed by atoms with Gasteiger partial charge in [0.2, 0.25) is 0 Å². The molecule has 0 bridgehead atoms. The number of rotatable bonds is 15. The molecule has 6 saturated heterocycles. The fraction of sp³-hybridized carbons (Fsp3) is 0.534. The van der Waals surface area contributed by atoms with E-state index in [9.17, 15) is 34.8 Å². The maximum Gasteiger partial charge on any atom is 0.407 e. The van der Waals surface area contributed by atoms with E-state index in [1.54, 1.807) is 12.1 Å². The van der Waals surface area contributed by atoms with Crippen LogP contribution >= 0.6 is 0 Å². The largest absolute Gasteiger partial charge is 0.459 e. The zero-order chi connectivity index (χ0) is 53.9. The third kappa shape index (κ3) is 12.0. The highest BCUT2D eigenvalue weighted by atomic mass is 16.8. The molecule has 0 radical (unpaired) electrons. The number of aliphatic hydroxyl groups is 4. The third-order valence-corrected chi connectivity index (χ3v) is 16.1. The number of carbonyl (C=O) groups excluding carboxylic acids is 3. The second-order valence-corrected chi connectivity index (χ2v) is 21.3. The first-order valence-electron chi connectivity index (χ1n) is 27.1. The molecule has 20 heteroatoms. The van der Waals surface area contributed by atoms with Crippen LogP contribution in [0.15, 0.2) is 121 Å². The first-order chi connectivity index (χ1) is 38.0. The van der Waals surface area contributed by atoms with Crippen LogP contribution in [0, 0.1) is 11.8 Å². The van der Waals surface area contributed by atoms with E-state index in [1.165, 1.54) is 0 Å². The third-order valence-electron chi connectivity index (χ3n) is 16.1. The smallest absolute Gasteiger partial charge is 0.407 e. The Hall–Kier alpha value is -5.59. The number of hydrogen-bond donors (Lipinski definition) is 6. The summed E-state index contributed by atoms with van der Waals surface area (Å²) in [7, 11) is 0. The number of esters is 1. The van der Waals surface area contributed by atoms with E-state index in [1.807, 2.05) is 116 Å². The van der Waals surface area contributed by atoms with Gasteiger partial charge in [-0.25, -0.2) is 9.59 Å². The van der Waals surface area contributed by atoms with Crippen LogP contribution in [-0.2, 0) is 70.1 Å². The Morgan fingerprint density at radius 3 is 1.50 bits per heavy atom. The van der Waals surface area contributed by atoms with Gasteiger partial charge in [0.1, 0.15) is 80.2 Å². The summed E-state index contributed by atoms with van der Waals surface area (Å²) < 4.78 is 69.7. The van der Waals surface area contributed by atoms with Crippen molar-refractivity contribution in [2.45, 2.75) is 175 Å². The summed E-state index contributed by atoms with van der Waals surface area (Å²) in [4.78, 5) is 40.2. The van der Waals surface area contributed by atoms with Gasteiger partial charge in [0, 0.05) is 5.92 Å². The molecule has 4 aromatic carbocycles. The lowest BCUT2D eigenvalue weighted by Gasteiger charge is -2.50. The van der Waals surface area contributed by atoms with Crippen LogP contribution in [0.2, 0.25) is 0 Å². The Bertz CT molecular complexity index is 2610. The predicted molar refractivity (Wildman–Crippen MR) is 271 cm³/mol. The number of aliphatic hydroxyl groups excluding tert-OH is 4. The van der Waals surface area contributed by atoms with E-state index in [2.05, 4.69) is 10.6 Å². The first-order valence-corrected chi connectivity index (χ1v) is 27.1. The van der Waals surface area contributed by atoms with Gasteiger partial charge in [0.15, 0.2) is 18.9 Å². The van der Waals surface area contributed by atoms with Gasteiger partial charge in [-0.3, -0.25) is 4.79 Å². The Balaban J connectivity index is 0.825. The summed E-state index contributed by atoms with van der Waals surface area (Å²) in [6.07, 6.45) is -17.3. The monoisotopic (exact) mass is 1080 g/mol. The summed E-state index contributed by atoms with van der Waals surface area (Å²) in [5.74, 6) is -1.14. The standard InChI is InChI=1S/C58H68N2O18/c1-31-26-36-27-42(62)75-49(36)53(48(31)76-54-43(59-57(66)68-29-32-14-6-2-7-15-32)45(63)50-39(72-54)24-22-37(70-50)34-18-10-4-11-19-34)78-56-47(65)52(41(28-61)74-56)77-55-44(60-58(67)69-30-33-16-8-3-9-17-33)46(64)51-40(73-55)25-23-38(71-51)35-20-12-5-13-21-35/h2-21,31,36-41,43-56,61,63-65H,22-30H2,1H3,(H,59,66)(H,60,67)/t31-,36-,37?,38?,39+,40-,41+,43?,44+,45+,46+,47+,48+,49-,50+,51+,52+,53-,54+,55+,56-/m0/s1. The average Bonchev–Trinajstić information content (AvgIpc) is 4.15. The summed E-state index contributed by atoms with van der Waals surface area (Å²) >= 11 is 0. The Morgan fingerprint density at radius 2 is 1.01 bits per heavy atom. The predicted octanol–water partition coefficient (Wildman–Crippen LogP) is 4.79. The van der Waals surface area contributed by atoms with E-state index in [-0.39, 0.29) is 43.7 Å². The lowest BCUT2D eigenvalue weighted by molar-refractivity contribution is -0.329. The Morgan fingerprint density at radius 1 is 0.551 bits per heavy atom. The second kappa shape index (κ2) is 24.4. The SMILES string of the molecule is C[C@H]1C[C@H]2CC(=O)O[C@@H]2[C@@H](O[C@@H]2O[C@H](CO)[C@@H](O[C@H]3O[C@H]4CCC(c5ccccc5)O[C@H]4[C@H](O)[C@H]3NC(=O)OCc3ccccc3)[C@H]2O)[C@@H]1O[C@H]1O[C@@H]2CCC(c3ccccc3)O[C@H]2[C@H](O)C1NC(=O)OCc1ccccc1. The normalized spacial score (nSPS) is 38.2. The second-order valence-electron chi connectivity index (χ2n) is 21.3. The van der Waals surface area contributed by atoms with Crippen LogP contribution in [0.3, 0.4) is 0 Å². The van der Waals surface area contributed by atoms with Crippen molar-refractivity contribution in [2.24, 2.45) is 11.8 Å². The average molecular weight is 1080 g/mol. The molecule has 0 aromatic heterocycles. The molecule has 11 rings (SSSR count). The van der Waals surface area contributed by atoms with Crippen molar-refractivity contribution in [3.05, 3.63) is 144 Å². The van der Waals surface area contributed by atoms with E-state index >= 15 is 0 Å². The summed E-state index contributed by atoms with van der Waals surface area (Å²) in [5, 5.41) is 52.9. The van der Waals surface area contributed by atoms with Crippen molar-refractivity contribution in [3.63, 3.8) is 0 Å². The summed E-state index contributed by atoms with van der Waals surface area (Å²) in [6, 6.07) is 34.9. The fourth-order valence-corrected chi connectivity index (χ4v) is 12.2. The van der Waals surface area contributed by atoms with E-state index in [0.717, 1.165) is 22.3 Å². The van der Waals surface area contributed by atoms with E-state index in [4.69, 9.17) is 52.1 Å². The molecule has 20 nitrogen and oxygen atoms in total. The van der Waals surface area contributed by atoms with Gasteiger partial charge >= 0.3 is 18.2 Å². The highest BCUT2D eigenvalue weighted by Crippen LogP contribution is 2.46. The molecule has 4 aromatic rings. The Labute approximate surface area is 451 Å². The maximum atomic E-state index is 13.6. The molecule has 1 aliphatic carbocycles. The molecular formula is C58H68N2O18. The first kappa shape index (κ1) is 54.4. The highest BCUT2D eigenvalue weighted by Gasteiger charge is 2.59. The molecule has 6 heterocycles. The quantitative estimate of drug-likeness (QED) is 0.0691. The lowest BCUT2D eigenvalue weighted by Crippen LogP contribution is -2.67. The van der Waals surface area contributed by atoms with Crippen molar-refractivity contribution in [1.29, 1.82) is 0 Å². The highest BCUT2D eigenvalue weighted by molar-refractivity contribution is 5.72. The van der Waals surface area contributed by atoms with Crippen LogP contribution < -0.4 is 10.6 Å². The van der Waals surface area contributed by atoms with Gasteiger partial charge in [0.05, 0.1) is 43.5 Å². The molecule has 21 atom stereocenters. The number of alkyl carbamates (subject to hydrolysis) is 2. The number of nitrogens with one attached hydrogen (secondary N) is 2. The molecule has 3 unspecified atom stereocenters. The molecule has 1 saturated carbocycles.